The Kier molecular flexibility index (Phi) is 8.13. The van der Waals surface area contributed by atoms with E-state index in [0.29, 0.717) is 29.5 Å². The highest BCUT2D eigenvalue weighted by Crippen LogP contribution is 2.35. The van der Waals surface area contributed by atoms with Crippen LogP contribution in [0.1, 0.15) is 39.5 Å². The van der Waals surface area contributed by atoms with Gasteiger partial charge in [0.1, 0.15) is 16.6 Å². The van der Waals surface area contributed by atoms with Crippen molar-refractivity contribution in [3.05, 3.63) is 30.1 Å². The number of amides is 5. The molecule has 1 atom stereocenters. The van der Waals surface area contributed by atoms with Crippen LogP contribution in [0.25, 0.3) is 0 Å². The summed E-state index contributed by atoms with van der Waals surface area (Å²) in [4.78, 5) is 61.3. The molecule has 2 fully saturated rings. The quantitative estimate of drug-likeness (QED) is 0.372. The normalized spacial score (nSPS) is 22.8. The van der Waals surface area contributed by atoms with Gasteiger partial charge in [-0.25, -0.2) is 9.18 Å². The molecule has 1 heterocycles. The predicted octanol–water partition coefficient (Wildman–Crippen LogP) is 1.96. The molecule has 1 aliphatic heterocycles. The molecule has 0 radical (unpaired) electrons. The monoisotopic (exact) mass is 494 g/mol. The molecule has 12 heteroatoms. The number of halogens is 1. The number of urea groups is 1. The number of rotatable bonds is 8. The smallest absolute Gasteiger partial charge is 0.344 e. The van der Waals surface area contributed by atoms with Gasteiger partial charge >= 0.3 is 12.0 Å². The molecule has 1 spiro atoms. The molecule has 1 aromatic rings. The first-order valence-corrected chi connectivity index (χ1v) is 11.9. The molecule has 1 aromatic carbocycles. The number of thioether (sulfide) groups is 1. The molecule has 3 N–H and O–H groups in total. The number of hydrazine groups is 1. The number of anilines is 1. The van der Waals surface area contributed by atoms with Crippen molar-refractivity contribution >= 4 is 47.2 Å². The molecule has 0 bridgehead atoms. The molecule has 1 aliphatic carbocycles. The summed E-state index contributed by atoms with van der Waals surface area (Å²) in [7, 11) is 0. The Labute approximate surface area is 200 Å². The fourth-order valence-electron chi connectivity index (χ4n) is 3.73. The molecule has 1 saturated carbocycles. The zero-order valence-corrected chi connectivity index (χ0v) is 19.7. The van der Waals surface area contributed by atoms with E-state index < -0.39 is 52.9 Å². The lowest BCUT2D eigenvalue weighted by Crippen LogP contribution is -2.52. The number of imide groups is 1. The van der Waals surface area contributed by atoms with E-state index in [1.165, 1.54) is 31.2 Å². The number of carbonyl (C=O) groups is 5. The van der Waals surface area contributed by atoms with Crippen LogP contribution in [0.5, 0.6) is 0 Å². The summed E-state index contributed by atoms with van der Waals surface area (Å²) in [6.45, 7) is 2.91. The van der Waals surface area contributed by atoms with Crippen molar-refractivity contribution in [2.24, 2.45) is 5.92 Å². The number of nitrogens with one attached hydrogen (secondary N) is 3. The highest BCUT2D eigenvalue weighted by Gasteiger charge is 2.52. The number of carbonyl (C=O) groups excluding carboxylic acids is 5. The molecule has 2 aliphatic rings. The van der Waals surface area contributed by atoms with Gasteiger partial charge < -0.3 is 15.4 Å². The molecule has 0 aromatic heterocycles. The van der Waals surface area contributed by atoms with E-state index in [2.05, 4.69) is 23.0 Å². The van der Waals surface area contributed by atoms with Crippen molar-refractivity contribution in [3.63, 3.8) is 0 Å². The van der Waals surface area contributed by atoms with Crippen molar-refractivity contribution < 1.29 is 33.1 Å². The average molecular weight is 495 g/mol. The summed E-state index contributed by atoms with van der Waals surface area (Å²) in [5, 5.41) is 5.14. The van der Waals surface area contributed by atoms with Crippen LogP contribution >= 0.6 is 11.8 Å². The van der Waals surface area contributed by atoms with Crippen LogP contribution in [0.3, 0.4) is 0 Å². The van der Waals surface area contributed by atoms with Crippen LogP contribution in [0.15, 0.2) is 24.3 Å². The molecule has 10 nitrogen and oxygen atoms in total. The van der Waals surface area contributed by atoms with E-state index in [-0.39, 0.29) is 5.75 Å². The Bertz CT molecular complexity index is 965. The highest BCUT2D eigenvalue weighted by molar-refractivity contribution is 8.01. The van der Waals surface area contributed by atoms with E-state index in [0.717, 1.165) is 24.6 Å². The van der Waals surface area contributed by atoms with Crippen LogP contribution in [0.4, 0.5) is 14.9 Å². The summed E-state index contributed by atoms with van der Waals surface area (Å²) >= 11 is 0.994. The number of hydrogen-bond acceptors (Lipinski definition) is 7. The third kappa shape index (κ3) is 6.25. The average Bonchev–Trinajstić information content (AvgIpc) is 3.03. The zero-order valence-electron chi connectivity index (χ0n) is 18.9. The minimum absolute atomic E-state index is 0.0665. The van der Waals surface area contributed by atoms with Gasteiger partial charge in [0.25, 0.3) is 11.8 Å². The standard InChI is InChI=1S/C22H27FN4O6S/c1-13-7-9-22(10-8-13)20(31)27(21(32)25-22)26-17(28)11-33-19(30)14(2)34-12-18(29)24-16-5-3-15(23)4-6-16/h3-6,13-14H,7-12H2,1-2H3,(H,24,29)(H,25,32)(H,26,28). The van der Waals surface area contributed by atoms with Crippen molar-refractivity contribution in [1.29, 1.82) is 0 Å². The molecule has 3 rings (SSSR count). The van der Waals surface area contributed by atoms with Gasteiger partial charge in [0.05, 0.1) is 5.75 Å². The number of ether oxygens (including phenoxy) is 1. The summed E-state index contributed by atoms with van der Waals surface area (Å²) in [5.74, 6) is -2.49. The predicted molar refractivity (Wildman–Crippen MR) is 122 cm³/mol. The number of esters is 1. The molecule has 1 unspecified atom stereocenters. The Morgan fingerprint density at radius 1 is 1.21 bits per heavy atom. The van der Waals surface area contributed by atoms with Crippen molar-refractivity contribution in [2.45, 2.75) is 50.3 Å². The largest absolute Gasteiger partial charge is 0.455 e. The third-order valence-electron chi connectivity index (χ3n) is 5.80. The van der Waals surface area contributed by atoms with Gasteiger partial charge in [-0.3, -0.25) is 24.6 Å². The van der Waals surface area contributed by atoms with E-state index in [1.807, 2.05) is 0 Å². The molecular weight excluding hydrogens is 467 g/mol. The van der Waals surface area contributed by atoms with Crippen molar-refractivity contribution in [1.82, 2.24) is 15.8 Å². The lowest BCUT2D eigenvalue weighted by molar-refractivity contribution is -0.150. The van der Waals surface area contributed by atoms with Crippen LogP contribution < -0.4 is 16.1 Å². The summed E-state index contributed by atoms with van der Waals surface area (Å²) < 4.78 is 17.9. The van der Waals surface area contributed by atoms with Gasteiger partial charge in [0.2, 0.25) is 5.91 Å². The summed E-state index contributed by atoms with van der Waals surface area (Å²) in [5.41, 5.74) is 1.62. The minimum Gasteiger partial charge on any atom is -0.455 e. The van der Waals surface area contributed by atoms with Crippen LogP contribution in [0.2, 0.25) is 0 Å². The van der Waals surface area contributed by atoms with Gasteiger partial charge in [-0.05, 0) is 62.8 Å². The van der Waals surface area contributed by atoms with Gasteiger partial charge in [-0.2, -0.15) is 5.01 Å². The van der Waals surface area contributed by atoms with Gasteiger partial charge in [-0.15, -0.1) is 11.8 Å². The maximum atomic E-state index is 12.9. The van der Waals surface area contributed by atoms with E-state index in [4.69, 9.17) is 4.74 Å². The summed E-state index contributed by atoms with van der Waals surface area (Å²) in [6.07, 6.45) is 2.60. The van der Waals surface area contributed by atoms with Crippen molar-refractivity contribution in [3.8, 4) is 0 Å². The fraction of sp³-hybridized carbons (Fsp3) is 0.500. The maximum absolute atomic E-state index is 12.9. The van der Waals surface area contributed by atoms with Gasteiger partial charge in [-0.1, -0.05) is 6.92 Å². The van der Waals surface area contributed by atoms with Gasteiger partial charge in [0.15, 0.2) is 6.61 Å². The van der Waals surface area contributed by atoms with E-state index in [9.17, 15) is 28.4 Å². The molecule has 1 saturated heterocycles. The van der Waals surface area contributed by atoms with Gasteiger partial charge in [0, 0.05) is 5.69 Å². The molecular formula is C22H27FN4O6S. The fourth-order valence-corrected chi connectivity index (χ4v) is 4.40. The number of benzene rings is 1. The van der Waals surface area contributed by atoms with Crippen LogP contribution in [-0.4, -0.2) is 57.9 Å². The first kappa shape index (κ1) is 25.5. The van der Waals surface area contributed by atoms with Crippen LogP contribution in [-0.2, 0) is 23.9 Å². The molecule has 5 amide bonds. The first-order valence-electron chi connectivity index (χ1n) is 10.9. The zero-order chi connectivity index (χ0) is 24.9. The first-order chi connectivity index (χ1) is 16.1. The Morgan fingerprint density at radius 3 is 2.50 bits per heavy atom. The van der Waals surface area contributed by atoms with Crippen LogP contribution in [0, 0.1) is 11.7 Å². The van der Waals surface area contributed by atoms with Crippen molar-refractivity contribution in [2.75, 3.05) is 17.7 Å². The number of hydrogen-bond donors (Lipinski definition) is 3. The second-order valence-electron chi connectivity index (χ2n) is 8.49. The third-order valence-corrected chi connectivity index (χ3v) is 6.92. The lowest BCUT2D eigenvalue weighted by atomic mass is 9.77. The summed E-state index contributed by atoms with van der Waals surface area (Å²) in [6, 6.07) is 4.53. The second kappa shape index (κ2) is 10.9. The highest BCUT2D eigenvalue weighted by atomic mass is 32.2. The van der Waals surface area contributed by atoms with E-state index in [1.54, 1.807) is 0 Å². The number of nitrogens with zero attached hydrogens (tertiary/aromatic N) is 1. The second-order valence-corrected chi connectivity index (χ2v) is 9.82. The Hall–Kier alpha value is -3.15. The van der Waals surface area contributed by atoms with E-state index >= 15 is 0 Å². The lowest BCUT2D eigenvalue weighted by Gasteiger charge is -2.33. The molecule has 184 valence electrons. The Morgan fingerprint density at radius 2 is 1.85 bits per heavy atom. The minimum atomic E-state index is -0.993. The SMILES string of the molecule is CC1CCC2(CC1)NC(=O)N(NC(=O)COC(=O)C(C)SCC(=O)Nc1ccc(F)cc1)C2=O. The maximum Gasteiger partial charge on any atom is 0.344 e. The topological polar surface area (TPSA) is 134 Å². The molecule has 34 heavy (non-hydrogen) atoms. The Balaban J connectivity index is 1.39.